The van der Waals surface area contributed by atoms with Gasteiger partial charge in [-0.3, -0.25) is 4.79 Å². The zero-order valence-electron chi connectivity index (χ0n) is 13.3. The van der Waals surface area contributed by atoms with Gasteiger partial charge in [0.15, 0.2) is 0 Å². The third kappa shape index (κ3) is 3.49. The van der Waals surface area contributed by atoms with Gasteiger partial charge in [0.2, 0.25) is 5.91 Å². The fourth-order valence-corrected chi connectivity index (χ4v) is 4.20. The number of rotatable bonds is 6. The monoisotopic (exact) mass is 308 g/mol. The van der Waals surface area contributed by atoms with Gasteiger partial charge in [0, 0.05) is 17.0 Å². The molecular formula is C17H28N2OS. The summed E-state index contributed by atoms with van der Waals surface area (Å²) in [5.41, 5.74) is 5.74. The van der Waals surface area contributed by atoms with Gasteiger partial charge in [-0.15, -0.1) is 11.3 Å². The Hall–Kier alpha value is -0.870. The van der Waals surface area contributed by atoms with E-state index in [1.165, 1.54) is 11.3 Å². The number of nitrogens with two attached hydrogens (primary N) is 1. The Kier molecular flexibility index (Phi) is 5.44. The predicted octanol–water partition coefficient (Wildman–Crippen LogP) is 3.58. The van der Waals surface area contributed by atoms with E-state index in [4.69, 9.17) is 5.73 Å². The fourth-order valence-electron chi connectivity index (χ4n) is 3.22. The molecule has 1 heterocycles. The lowest BCUT2D eigenvalue weighted by molar-refractivity contribution is -0.128. The van der Waals surface area contributed by atoms with E-state index in [2.05, 4.69) is 36.7 Å². The smallest absolute Gasteiger partial charge is 0.231 e. The minimum Gasteiger partial charge on any atom is -0.353 e. The number of nitrogens with one attached hydrogen (secondary N) is 1. The Bertz CT molecular complexity index is 445. The van der Waals surface area contributed by atoms with Gasteiger partial charge in [-0.1, -0.05) is 39.2 Å². The molecule has 118 valence electrons. The van der Waals surface area contributed by atoms with Crippen molar-refractivity contribution in [1.82, 2.24) is 5.32 Å². The highest BCUT2D eigenvalue weighted by Crippen LogP contribution is 2.41. The first-order valence-corrected chi connectivity index (χ1v) is 9.05. The molecule has 3 nitrogen and oxygen atoms in total. The maximum absolute atomic E-state index is 12.9. The summed E-state index contributed by atoms with van der Waals surface area (Å²) in [6.45, 7) is 4.75. The molecule has 1 saturated carbocycles. The van der Waals surface area contributed by atoms with Gasteiger partial charge in [-0.2, -0.15) is 0 Å². The van der Waals surface area contributed by atoms with Gasteiger partial charge in [0.05, 0.1) is 5.41 Å². The third-order valence-electron chi connectivity index (χ3n) is 5.14. The number of hydrogen-bond acceptors (Lipinski definition) is 3. The molecule has 0 radical (unpaired) electrons. The van der Waals surface area contributed by atoms with Crippen LogP contribution < -0.4 is 11.1 Å². The molecular weight excluding hydrogens is 280 g/mol. The number of carbonyl (C=O) groups excluding carboxylic acids is 1. The SMILES string of the molecule is CCC(N)(CC)CNC(=O)C1(c2cccs2)CCCCC1. The second kappa shape index (κ2) is 6.93. The summed E-state index contributed by atoms with van der Waals surface area (Å²) in [5, 5.41) is 5.24. The van der Waals surface area contributed by atoms with Crippen LogP contribution in [0.1, 0.15) is 63.7 Å². The second-order valence-electron chi connectivity index (χ2n) is 6.37. The van der Waals surface area contributed by atoms with Crippen LogP contribution in [0.5, 0.6) is 0 Å². The highest BCUT2D eigenvalue weighted by molar-refractivity contribution is 7.10. The van der Waals surface area contributed by atoms with Gasteiger partial charge in [0.25, 0.3) is 0 Å². The van der Waals surface area contributed by atoms with Crippen LogP contribution in [0.25, 0.3) is 0 Å². The average molecular weight is 308 g/mol. The van der Waals surface area contributed by atoms with Crippen LogP contribution in [0.3, 0.4) is 0 Å². The van der Waals surface area contributed by atoms with Gasteiger partial charge in [0.1, 0.15) is 0 Å². The molecule has 1 aromatic heterocycles. The molecule has 21 heavy (non-hydrogen) atoms. The molecule has 0 spiro atoms. The molecule has 2 rings (SSSR count). The molecule has 0 saturated heterocycles. The summed E-state index contributed by atoms with van der Waals surface area (Å²) in [5.74, 6) is 0.182. The highest BCUT2D eigenvalue weighted by atomic mass is 32.1. The van der Waals surface area contributed by atoms with Crippen molar-refractivity contribution in [3.63, 3.8) is 0 Å². The lowest BCUT2D eigenvalue weighted by atomic mass is 9.72. The molecule has 0 aromatic carbocycles. The van der Waals surface area contributed by atoms with E-state index in [9.17, 15) is 4.79 Å². The molecule has 0 atom stereocenters. The standard InChI is InChI=1S/C17H28N2OS/c1-3-16(18,4-2)13-19-15(20)17(10-6-5-7-11-17)14-9-8-12-21-14/h8-9,12H,3-7,10-11,13,18H2,1-2H3,(H,19,20). The maximum Gasteiger partial charge on any atom is 0.231 e. The van der Waals surface area contributed by atoms with Crippen molar-refractivity contribution >= 4 is 17.2 Å². The summed E-state index contributed by atoms with van der Waals surface area (Å²) >= 11 is 1.71. The van der Waals surface area contributed by atoms with E-state index in [-0.39, 0.29) is 16.9 Å². The van der Waals surface area contributed by atoms with Crippen molar-refractivity contribution in [2.75, 3.05) is 6.54 Å². The zero-order valence-corrected chi connectivity index (χ0v) is 14.1. The lowest BCUT2D eigenvalue weighted by Gasteiger charge is -2.36. The van der Waals surface area contributed by atoms with E-state index in [0.717, 1.165) is 38.5 Å². The summed E-state index contributed by atoms with van der Waals surface area (Å²) in [6, 6.07) is 4.17. The predicted molar refractivity (Wildman–Crippen MR) is 89.6 cm³/mol. The largest absolute Gasteiger partial charge is 0.353 e. The quantitative estimate of drug-likeness (QED) is 0.844. The number of carbonyl (C=O) groups is 1. The van der Waals surface area contributed by atoms with Gasteiger partial charge in [-0.05, 0) is 37.1 Å². The number of amides is 1. The molecule has 1 aliphatic rings. The Morgan fingerprint density at radius 2 is 2.00 bits per heavy atom. The topological polar surface area (TPSA) is 55.1 Å². The summed E-state index contributed by atoms with van der Waals surface area (Å²) < 4.78 is 0. The van der Waals surface area contributed by atoms with E-state index in [1.54, 1.807) is 11.3 Å². The second-order valence-corrected chi connectivity index (χ2v) is 7.32. The van der Waals surface area contributed by atoms with Crippen molar-refractivity contribution < 1.29 is 4.79 Å². The molecule has 1 aliphatic carbocycles. The van der Waals surface area contributed by atoms with Crippen molar-refractivity contribution in [3.8, 4) is 0 Å². The van der Waals surface area contributed by atoms with E-state index in [1.807, 2.05) is 0 Å². The number of thiophene rings is 1. The first-order valence-electron chi connectivity index (χ1n) is 8.17. The van der Waals surface area contributed by atoms with E-state index < -0.39 is 0 Å². The first-order chi connectivity index (χ1) is 10.1. The minimum absolute atomic E-state index is 0.182. The zero-order chi connectivity index (χ0) is 15.3. The van der Waals surface area contributed by atoms with Crippen LogP contribution in [0.4, 0.5) is 0 Å². The van der Waals surface area contributed by atoms with Crippen LogP contribution in [0.15, 0.2) is 17.5 Å². The molecule has 0 unspecified atom stereocenters. The molecule has 0 bridgehead atoms. The Labute approximate surface area is 132 Å². The van der Waals surface area contributed by atoms with Gasteiger partial charge < -0.3 is 11.1 Å². The van der Waals surface area contributed by atoms with Crippen LogP contribution in [0, 0.1) is 0 Å². The van der Waals surface area contributed by atoms with Crippen LogP contribution in [-0.4, -0.2) is 18.0 Å². The van der Waals surface area contributed by atoms with Crippen LogP contribution in [-0.2, 0) is 10.2 Å². The fraction of sp³-hybridized carbons (Fsp3) is 0.706. The molecule has 1 aromatic rings. The van der Waals surface area contributed by atoms with Crippen molar-refractivity contribution in [3.05, 3.63) is 22.4 Å². The summed E-state index contributed by atoms with van der Waals surface area (Å²) in [4.78, 5) is 14.2. The molecule has 0 aliphatic heterocycles. The van der Waals surface area contributed by atoms with Crippen LogP contribution in [0.2, 0.25) is 0 Å². The van der Waals surface area contributed by atoms with E-state index >= 15 is 0 Å². The third-order valence-corrected chi connectivity index (χ3v) is 6.22. The van der Waals surface area contributed by atoms with Crippen molar-refractivity contribution in [1.29, 1.82) is 0 Å². The average Bonchev–Trinajstić information content (AvgIpc) is 3.08. The summed E-state index contributed by atoms with van der Waals surface area (Å²) in [7, 11) is 0. The molecule has 4 heteroatoms. The lowest BCUT2D eigenvalue weighted by Crippen LogP contribution is -2.53. The minimum atomic E-state index is -0.311. The molecule has 1 amide bonds. The highest BCUT2D eigenvalue weighted by Gasteiger charge is 2.42. The maximum atomic E-state index is 12.9. The van der Waals surface area contributed by atoms with E-state index in [0.29, 0.717) is 6.54 Å². The Morgan fingerprint density at radius 3 is 2.52 bits per heavy atom. The molecule has 3 N–H and O–H groups in total. The normalized spacial score (nSPS) is 18.4. The Balaban J connectivity index is 2.13. The molecule has 1 fully saturated rings. The van der Waals surface area contributed by atoms with Crippen molar-refractivity contribution in [2.24, 2.45) is 5.73 Å². The Morgan fingerprint density at radius 1 is 1.33 bits per heavy atom. The van der Waals surface area contributed by atoms with Crippen molar-refractivity contribution in [2.45, 2.75) is 69.7 Å². The summed E-state index contributed by atoms with van der Waals surface area (Å²) in [6.07, 6.45) is 7.22. The first kappa shape index (κ1) is 16.5. The van der Waals surface area contributed by atoms with Crippen LogP contribution >= 0.6 is 11.3 Å². The van der Waals surface area contributed by atoms with Gasteiger partial charge >= 0.3 is 0 Å². The van der Waals surface area contributed by atoms with Gasteiger partial charge in [-0.25, -0.2) is 0 Å². The number of hydrogen-bond donors (Lipinski definition) is 2.